The number of nitrogens with two attached hydrogens (primary N) is 2. The Bertz CT molecular complexity index is 1160. The molecule has 2 aromatic heterocycles. The first-order chi connectivity index (χ1) is 15.5. The van der Waals surface area contributed by atoms with Gasteiger partial charge in [-0.05, 0) is 55.9 Å². The third-order valence-corrected chi connectivity index (χ3v) is 6.42. The van der Waals surface area contributed by atoms with Crippen LogP contribution in [0.4, 0.5) is 21.7 Å². The fraction of sp³-hybridized carbons (Fsp3) is 0.435. The smallest absolute Gasteiger partial charge is 0.252 e. The lowest BCUT2D eigenvalue weighted by Gasteiger charge is -2.30. The van der Waals surface area contributed by atoms with Crippen LogP contribution in [0, 0.1) is 11.7 Å². The van der Waals surface area contributed by atoms with Crippen LogP contribution >= 0.6 is 0 Å². The summed E-state index contributed by atoms with van der Waals surface area (Å²) in [5, 5.41) is 11.7. The molecule has 2 aliphatic rings. The van der Waals surface area contributed by atoms with Gasteiger partial charge < -0.3 is 22.1 Å². The van der Waals surface area contributed by atoms with Crippen LogP contribution < -0.4 is 22.1 Å². The number of primary amides is 1. The summed E-state index contributed by atoms with van der Waals surface area (Å²) in [6.07, 6.45) is 8.19. The van der Waals surface area contributed by atoms with E-state index in [4.69, 9.17) is 11.5 Å². The third kappa shape index (κ3) is 4.25. The monoisotopic (exact) mass is 437 g/mol. The van der Waals surface area contributed by atoms with E-state index in [0.29, 0.717) is 5.69 Å². The SMILES string of the molecule is NC(=O)c1cc(F)c(NC2CCCCC2N)nc1Nc1ccc2c(cnn2CC2CC2)c1. The van der Waals surface area contributed by atoms with Crippen molar-refractivity contribution in [2.75, 3.05) is 10.6 Å². The molecule has 2 heterocycles. The van der Waals surface area contributed by atoms with Crippen molar-refractivity contribution in [1.82, 2.24) is 14.8 Å². The van der Waals surface area contributed by atoms with Crippen molar-refractivity contribution in [2.24, 2.45) is 17.4 Å². The predicted molar refractivity (Wildman–Crippen MR) is 122 cm³/mol. The lowest BCUT2D eigenvalue weighted by atomic mass is 9.91. The summed E-state index contributed by atoms with van der Waals surface area (Å²) in [6.45, 7) is 0.931. The maximum atomic E-state index is 14.7. The van der Waals surface area contributed by atoms with E-state index in [1.54, 1.807) is 0 Å². The highest BCUT2D eigenvalue weighted by Crippen LogP contribution is 2.32. The van der Waals surface area contributed by atoms with Gasteiger partial charge >= 0.3 is 0 Å². The number of halogens is 1. The van der Waals surface area contributed by atoms with E-state index in [9.17, 15) is 9.18 Å². The van der Waals surface area contributed by atoms with Gasteiger partial charge in [0.05, 0.1) is 17.3 Å². The zero-order valence-corrected chi connectivity index (χ0v) is 17.9. The number of nitrogens with zero attached hydrogens (tertiary/aromatic N) is 3. The molecular weight excluding hydrogens is 409 g/mol. The van der Waals surface area contributed by atoms with E-state index in [1.165, 1.54) is 12.8 Å². The topological polar surface area (TPSA) is 124 Å². The number of pyridine rings is 1. The molecule has 0 bridgehead atoms. The number of hydrogen-bond acceptors (Lipinski definition) is 6. The van der Waals surface area contributed by atoms with Crippen molar-refractivity contribution in [3.8, 4) is 0 Å². The number of hydrogen-bond donors (Lipinski definition) is 4. The van der Waals surface area contributed by atoms with Crippen LogP contribution in [-0.2, 0) is 6.54 Å². The van der Waals surface area contributed by atoms with Gasteiger partial charge in [0.1, 0.15) is 5.82 Å². The van der Waals surface area contributed by atoms with Crippen molar-refractivity contribution in [2.45, 2.75) is 57.2 Å². The minimum atomic E-state index is -0.752. The Labute approximate surface area is 185 Å². The number of fused-ring (bicyclic) bond motifs is 1. The van der Waals surface area contributed by atoms with E-state index < -0.39 is 11.7 Å². The minimum absolute atomic E-state index is 0.00878. The van der Waals surface area contributed by atoms with Gasteiger partial charge in [-0.1, -0.05) is 12.8 Å². The highest BCUT2D eigenvalue weighted by Gasteiger charge is 2.25. The first-order valence-electron chi connectivity index (χ1n) is 11.2. The normalized spacial score (nSPS) is 20.9. The zero-order chi connectivity index (χ0) is 22.2. The molecule has 0 saturated heterocycles. The number of benzene rings is 1. The van der Waals surface area contributed by atoms with Crippen molar-refractivity contribution in [3.05, 3.63) is 41.8 Å². The summed E-state index contributed by atoms with van der Waals surface area (Å²) in [4.78, 5) is 16.3. The molecule has 6 N–H and O–H groups in total. The van der Waals surface area contributed by atoms with Crippen molar-refractivity contribution in [3.63, 3.8) is 0 Å². The molecule has 9 heteroatoms. The number of rotatable bonds is 7. The van der Waals surface area contributed by atoms with Crippen LogP contribution in [0.15, 0.2) is 30.5 Å². The van der Waals surface area contributed by atoms with Crippen molar-refractivity contribution in [1.29, 1.82) is 0 Å². The van der Waals surface area contributed by atoms with Gasteiger partial charge in [-0.25, -0.2) is 9.37 Å². The molecule has 2 saturated carbocycles. The first kappa shape index (κ1) is 20.7. The highest BCUT2D eigenvalue weighted by molar-refractivity contribution is 5.99. The van der Waals surface area contributed by atoms with Crippen LogP contribution in [0.25, 0.3) is 10.9 Å². The Morgan fingerprint density at radius 1 is 1.16 bits per heavy atom. The molecule has 5 rings (SSSR count). The van der Waals surface area contributed by atoms with Crippen LogP contribution in [0.5, 0.6) is 0 Å². The number of carbonyl (C=O) groups excluding carboxylic acids is 1. The van der Waals surface area contributed by atoms with Crippen LogP contribution in [0.1, 0.15) is 48.9 Å². The number of anilines is 3. The van der Waals surface area contributed by atoms with Gasteiger partial charge in [0, 0.05) is 29.7 Å². The van der Waals surface area contributed by atoms with Crippen LogP contribution in [0.3, 0.4) is 0 Å². The van der Waals surface area contributed by atoms with Gasteiger partial charge in [-0.15, -0.1) is 0 Å². The van der Waals surface area contributed by atoms with Crippen molar-refractivity contribution >= 4 is 34.1 Å². The molecule has 1 aromatic carbocycles. The molecule has 2 atom stereocenters. The van der Waals surface area contributed by atoms with E-state index in [2.05, 4.69) is 20.7 Å². The fourth-order valence-electron chi connectivity index (χ4n) is 4.38. The molecule has 0 spiro atoms. The lowest BCUT2D eigenvalue weighted by molar-refractivity contribution is 0.100. The summed E-state index contributed by atoms with van der Waals surface area (Å²) in [5.74, 6) is -0.383. The molecule has 2 aliphatic carbocycles. The molecule has 1 amide bonds. The zero-order valence-electron chi connectivity index (χ0n) is 17.9. The van der Waals surface area contributed by atoms with Gasteiger partial charge in [0.15, 0.2) is 11.6 Å². The number of amides is 1. The van der Waals surface area contributed by atoms with E-state index >= 15 is 0 Å². The third-order valence-electron chi connectivity index (χ3n) is 6.42. The minimum Gasteiger partial charge on any atom is -0.365 e. The molecule has 2 unspecified atom stereocenters. The molecule has 32 heavy (non-hydrogen) atoms. The summed E-state index contributed by atoms with van der Waals surface area (Å²) >= 11 is 0. The second-order valence-electron chi connectivity index (χ2n) is 8.95. The Morgan fingerprint density at radius 2 is 1.97 bits per heavy atom. The Morgan fingerprint density at radius 3 is 2.72 bits per heavy atom. The predicted octanol–water partition coefficient (Wildman–Crippen LogP) is 3.50. The molecule has 0 aliphatic heterocycles. The van der Waals surface area contributed by atoms with Crippen molar-refractivity contribution < 1.29 is 9.18 Å². The van der Waals surface area contributed by atoms with Crippen LogP contribution in [-0.4, -0.2) is 32.8 Å². The van der Waals surface area contributed by atoms with Gasteiger partial charge in [-0.2, -0.15) is 5.10 Å². The van der Waals surface area contributed by atoms with Gasteiger partial charge in [-0.3, -0.25) is 9.48 Å². The number of carbonyl (C=O) groups is 1. The standard InChI is InChI=1S/C23H28FN7O/c24-17-10-16(21(26)32)22(30-23(17)29-19-4-2-1-3-18(19)25)28-15-7-8-20-14(9-15)11-27-31(20)12-13-5-6-13/h7-11,13,18-19H,1-6,12,25H2,(H2,26,32)(H2,28,29,30). The van der Waals surface area contributed by atoms with E-state index in [-0.39, 0.29) is 29.3 Å². The average Bonchev–Trinajstić information content (AvgIpc) is 3.50. The average molecular weight is 438 g/mol. The molecule has 2 fully saturated rings. The molecule has 3 aromatic rings. The molecular formula is C23H28FN7O. The molecule has 8 nitrogen and oxygen atoms in total. The van der Waals surface area contributed by atoms with Crippen LogP contribution in [0.2, 0.25) is 0 Å². The summed E-state index contributed by atoms with van der Waals surface area (Å²) < 4.78 is 16.7. The first-order valence-corrected chi connectivity index (χ1v) is 11.2. The second-order valence-corrected chi connectivity index (χ2v) is 8.95. The number of nitrogens with one attached hydrogen (secondary N) is 2. The molecule has 168 valence electrons. The van der Waals surface area contributed by atoms with Gasteiger partial charge in [0.2, 0.25) is 0 Å². The van der Waals surface area contributed by atoms with Gasteiger partial charge in [0.25, 0.3) is 5.91 Å². The highest BCUT2D eigenvalue weighted by atomic mass is 19.1. The Hall–Kier alpha value is -3.20. The Balaban J connectivity index is 1.42. The lowest BCUT2D eigenvalue weighted by Crippen LogP contribution is -2.43. The quantitative estimate of drug-likeness (QED) is 0.448. The van der Waals surface area contributed by atoms with E-state index in [0.717, 1.165) is 55.1 Å². The summed E-state index contributed by atoms with van der Waals surface area (Å²) in [6, 6.07) is 6.82. The summed E-state index contributed by atoms with van der Waals surface area (Å²) in [7, 11) is 0. The summed E-state index contributed by atoms with van der Waals surface area (Å²) in [5.41, 5.74) is 13.5. The second kappa shape index (κ2) is 8.38. The van der Waals surface area contributed by atoms with E-state index in [1.807, 2.05) is 29.1 Å². The maximum absolute atomic E-state index is 14.7. The maximum Gasteiger partial charge on any atom is 0.252 e. The largest absolute Gasteiger partial charge is 0.365 e. The fourth-order valence-corrected chi connectivity index (χ4v) is 4.38. The molecule has 0 radical (unpaired) electrons. The number of aromatic nitrogens is 3. The Kier molecular flexibility index (Phi) is 5.42.